The predicted molar refractivity (Wildman–Crippen MR) is 59.2 cm³/mol. The van der Waals surface area contributed by atoms with E-state index >= 15 is 0 Å². The number of nitrogen functional groups attached to an aromatic ring is 2. The molecule has 0 aliphatic carbocycles. The number of hydrogen-bond donors (Lipinski definition) is 3. The van der Waals surface area contributed by atoms with Gasteiger partial charge >= 0.3 is 0 Å². The number of nitrogens with two attached hydrogens (primary N) is 2. The summed E-state index contributed by atoms with van der Waals surface area (Å²) in [6.45, 7) is 2.41. The van der Waals surface area contributed by atoms with E-state index in [2.05, 4.69) is 9.97 Å². The Morgan fingerprint density at radius 2 is 1.69 bits per heavy atom. The van der Waals surface area contributed by atoms with Crippen LogP contribution >= 0.6 is 0 Å². The van der Waals surface area contributed by atoms with Crippen molar-refractivity contribution in [2.45, 2.75) is 13.3 Å². The molecular formula is C9H16N4O3. The first-order valence-corrected chi connectivity index (χ1v) is 4.98. The minimum absolute atomic E-state index is 0.0215. The molecular weight excluding hydrogens is 212 g/mol. The third-order valence-corrected chi connectivity index (χ3v) is 1.67. The first-order chi connectivity index (χ1) is 7.69. The van der Waals surface area contributed by atoms with Crippen molar-refractivity contribution in [1.29, 1.82) is 0 Å². The Kier molecular flexibility index (Phi) is 4.59. The maximum absolute atomic E-state index is 8.63. The van der Waals surface area contributed by atoms with Crippen LogP contribution < -0.4 is 20.9 Å². The highest BCUT2D eigenvalue weighted by Crippen LogP contribution is 2.28. The molecule has 7 nitrogen and oxygen atoms in total. The van der Waals surface area contributed by atoms with Gasteiger partial charge in [-0.25, -0.2) is 0 Å². The lowest BCUT2D eigenvalue weighted by molar-refractivity contribution is 0.196. The molecule has 0 saturated heterocycles. The molecule has 0 amide bonds. The topological polar surface area (TPSA) is 117 Å². The van der Waals surface area contributed by atoms with E-state index in [-0.39, 0.29) is 36.6 Å². The first kappa shape index (κ1) is 12.3. The van der Waals surface area contributed by atoms with Crippen molar-refractivity contribution < 1.29 is 14.6 Å². The minimum atomic E-state index is -0.130. The second kappa shape index (κ2) is 5.96. The number of hydrogen-bond acceptors (Lipinski definition) is 7. The summed E-state index contributed by atoms with van der Waals surface area (Å²) in [7, 11) is 0. The van der Waals surface area contributed by atoms with E-state index in [1.165, 1.54) is 0 Å². The summed E-state index contributed by atoms with van der Waals surface area (Å²) in [5.74, 6) is 0.364. The Hall–Kier alpha value is -1.76. The molecule has 0 fully saturated rings. The van der Waals surface area contributed by atoms with Crippen LogP contribution in [0.4, 0.5) is 11.6 Å². The number of aliphatic hydroxyl groups excluding tert-OH is 1. The average Bonchev–Trinajstić information content (AvgIpc) is 2.28. The summed E-state index contributed by atoms with van der Waals surface area (Å²) in [5, 5.41) is 8.63. The normalized spacial score (nSPS) is 10.1. The molecule has 5 N–H and O–H groups in total. The SMILES string of the molecule is CCCOc1nc(N)nc(OCCO)c1N. The van der Waals surface area contributed by atoms with Gasteiger partial charge in [-0.15, -0.1) is 0 Å². The van der Waals surface area contributed by atoms with Crippen LogP contribution in [0, 0.1) is 0 Å². The van der Waals surface area contributed by atoms with Gasteiger partial charge in [0, 0.05) is 0 Å². The number of rotatable bonds is 6. The van der Waals surface area contributed by atoms with Crippen LogP contribution in [-0.2, 0) is 0 Å². The zero-order chi connectivity index (χ0) is 12.0. The Morgan fingerprint density at radius 1 is 1.12 bits per heavy atom. The lowest BCUT2D eigenvalue weighted by Gasteiger charge is -2.11. The second-order valence-electron chi connectivity index (χ2n) is 3.03. The largest absolute Gasteiger partial charge is 0.476 e. The number of aromatic nitrogens is 2. The fourth-order valence-corrected chi connectivity index (χ4v) is 1.01. The number of ether oxygens (including phenoxy) is 2. The summed E-state index contributed by atoms with van der Waals surface area (Å²) in [4.78, 5) is 7.66. The highest BCUT2D eigenvalue weighted by Gasteiger charge is 2.12. The molecule has 1 aromatic heterocycles. The maximum Gasteiger partial charge on any atom is 0.246 e. The predicted octanol–water partition coefficient (Wildman–Crippen LogP) is -0.199. The monoisotopic (exact) mass is 228 g/mol. The standard InChI is InChI=1S/C9H16N4O3/c1-2-4-15-7-6(10)8(16-5-3-14)13-9(11)12-7/h14H,2-5,10H2,1H3,(H2,11,12,13). The van der Waals surface area contributed by atoms with Crippen molar-refractivity contribution in [3.05, 3.63) is 0 Å². The molecule has 1 aromatic rings. The van der Waals surface area contributed by atoms with Gasteiger partial charge in [0.1, 0.15) is 6.61 Å². The van der Waals surface area contributed by atoms with Crippen molar-refractivity contribution in [3.8, 4) is 11.8 Å². The van der Waals surface area contributed by atoms with E-state index in [4.69, 9.17) is 26.0 Å². The van der Waals surface area contributed by atoms with Crippen LogP contribution in [0.2, 0.25) is 0 Å². The molecule has 0 saturated carbocycles. The van der Waals surface area contributed by atoms with E-state index in [9.17, 15) is 0 Å². The quantitative estimate of drug-likeness (QED) is 0.617. The van der Waals surface area contributed by atoms with Crippen LogP contribution in [0.1, 0.15) is 13.3 Å². The number of aliphatic hydroxyl groups is 1. The van der Waals surface area contributed by atoms with E-state index in [0.29, 0.717) is 6.61 Å². The molecule has 0 atom stereocenters. The smallest absolute Gasteiger partial charge is 0.246 e. The number of nitrogens with zero attached hydrogens (tertiary/aromatic N) is 2. The van der Waals surface area contributed by atoms with E-state index < -0.39 is 0 Å². The Labute approximate surface area is 93.4 Å². The Morgan fingerprint density at radius 3 is 2.19 bits per heavy atom. The first-order valence-electron chi connectivity index (χ1n) is 4.98. The fourth-order valence-electron chi connectivity index (χ4n) is 1.01. The molecule has 0 unspecified atom stereocenters. The summed E-state index contributed by atoms with van der Waals surface area (Å²) >= 11 is 0. The summed E-state index contributed by atoms with van der Waals surface area (Å²) in [6.07, 6.45) is 0.830. The van der Waals surface area contributed by atoms with Crippen molar-refractivity contribution >= 4 is 11.6 Å². The fraction of sp³-hybridized carbons (Fsp3) is 0.556. The average molecular weight is 228 g/mol. The van der Waals surface area contributed by atoms with Gasteiger partial charge in [-0.1, -0.05) is 6.92 Å². The lowest BCUT2D eigenvalue weighted by Crippen LogP contribution is -2.10. The number of anilines is 2. The molecule has 1 rings (SSSR count). The molecule has 1 heterocycles. The Bertz CT molecular complexity index is 317. The highest BCUT2D eigenvalue weighted by molar-refractivity contribution is 5.58. The van der Waals surface area contributed by atoms with Crippen molar-refractivity contribution in [2.24, 2.45) is 0 Å². The third kappa shape index (κ3) is 3.13. The van der Waals surface area contributed by atoms with Gasteiger partial charge in [-0.2, -0.15) is 9.97 Å². The molecule has 0 aromatic carbocycles. The Balaban J connectivity index is 2.86. The highest BCUT2D eigenvalue weighted by atomic mass is 16.5. The van der Waals surface area contributed by atoms with Crippen LogP contribution in [0.5, 0.6) is 11.8 Å². The summed E-state index contributed by atoms with van der Waals surface area (Å²) in [6, 6.07) is 0. The summed E-state index contributed by atoms with van der Waals surface area (Å²) in [5.41, 5.74) is 11.4. The van der Waals surface area contributed by atoms with Gasteiger partial charge in [-0.05, 0) is 6.42 Å². The molecule has 0 aliphatic rings. The lowest BCUT2D eigenvalue weighted by atomic mass is 10.4. The summed E-state index contributed by atoms with van der Waals surface area (Å²) < 4.78 is 10.4. The zero-order valence-corrected chi connectivity index (χ0v) is 9.14. The molecule has 0 aliphatic heterocycles. The molecule has 90 valence electrons. The zero-order valence-electron chi connectivity index (χ0n) is 9.14. The van der Waals surface area contributed by atoms with E-state index in [1.807, 2.05) is 6.92 Å². The van der Waals surface area contributed by atoms with Gasteiger partial charge in [0.25, 0.3) is 0 Å². The molecule has 7 heteroatoms. The van der Waals surface area contributed by atoms with Crippen molar-refractivity contribution in [1.82, 2.24) is 9.97 Å². The molecule has 0 radical (unpaired) electrons. The van der Waals surface area contributed by atoms with Crippen LogP contribution in [0.3, 0.4) is 0 Å². The maximum atomic E-state index is 8.63. The van der Waals surface area contributed by atoms with Gasteiger partial charge < -0.3 is 26.0 Å². The van der Waals surface area contributed by atoms with Gasteiger partial charge in [0.15, 0.2) is 5.69 Å². The third-order valence-electron chi connectivity index (χ3n) is 1.67. The van der Waals surface area contributed by atoms with Crippen LogP contribution in [-0.4, -0.2) is 34.9 Å². The van der Waals surface area contributed by atoms with Crippen LogP contribution in [0.15, 0.2) is 0 Å². The molecule has 16 heavy (non-hydrogen) atoms. The van der Waals surface area contributed by atoms with Gasteiger partial charge in [0.2, 0.25) is 17.7 Å². The second-order valence-corrected chi connectivity index (χ2v) is 3.03. The minimum Gasteiger partial charge on any atom is -0.476 e. The van der Waals surface area contributed by atoms with Crippen molar-refractivity contribution in [3.63, 3.8) is 0 Å². The van der Waals surface area contributed by atoms with E-state index in [1.54, 1.807) is 0 Å². The molecule has 0 spiro atoms. The van der Waals surface area contributed by atoms with E-state index in [0.717, 1.165) is 6.42 Å². The molecule has 0 bridgehead atoms. The van der Waals surface area contributed by atoms with Gasteiger partial charge in [-0.3, -0.25) is 0 Å². The van der Waals surface area contributed by atoms with Gasteiger partial charge in [0.05, 0.1) is 13.2 Å². The van der Waals surface area contributed by atoms with Crippen LogP contribution in [0.25, 0.3) is 0 Å². The van der Waals surface area contributed by atoms with Crippen molar-refractivity contribution in [2.75, 3.05) is 31.3 Å².